The molecule has 18 nitrogen and oxygen atoms in total. The second kappa shape index (κ2) is 41.8. The van der Waals surface area contributed by atoms with Crippen molar-refractivity contribution in [3.8, 4) is 0 Å². The summed E-state index contributed by atoms with van der Waals surface area (Å²) in [7, 11) is -10.8. The van der Waals surface area contributed by atoms with Crippen LogP contribution in [0.5, 0.6) is 0 Å². The van der Waals surface area contributed by atoms with Crippen LogP contribution in [0.3, 0.4) is 0 Å². The summed E-state index contributed by atoms with van der Waals surface area (Å²) >= 11 is 0. The van der Waals surface area contributed by atoms with Crippen LogP contribution in [0.1, 0.15) is 259 Å². The van der Waals surface area contributed by atoms with Crippen molar-refractivity contribution in [3.63, 3.8) is 0 Å². The molecule has 2 rings (SSSR count). The third-order valence-electron chi connectivity index (χ3n) is 14.2. The fraction of sp³-hybridized carbons (Fsp3) is 0.891. The molecule has 20 heteroatoms. The third kappa shape index (κ3) is 35.1. The molecule has 0 amide bonds. The summed E-state index contributed by atoms with van der Waals surface area (Å²) in [6.45, 7) is 6.90. The number of unbranched alkanes of at least 4 members (excludes halogenated alkanes) is 28. The summed E-state index contributed by atoms with van der Waals surface area (Å²) in [5.74, 6) is 0.376. The number of phosphoric ester groups is 2. The monoisotopic (exact) mass is 1110 g/mol. The van der Waals surface area contributed by atoms with E-state index in [4.69, 9.17) is 29.0 Å². The number of anilines is 1. The third-order valence-corrected chi connectivity index (χ3v) is 16.8. The molecule has 0 radical (unpaired) electrons. The standard InChI is InChI=1S/C55H103N3O15P2/c1-5-46(4)37-33-29-25-21-17-12-10-8-6-7-9-11-13-18-22-26-30-34-38-50(59)68-42-47(71-51(60)39-35-31-27-23-19-15-14-16-20-24-28-32-36-45(2)3)43-69-74(64,65)73-75(66,67)70-44-48-52(61)53(62)54(72-48)58-41-40-49(56)57-55(58)63/h40-41,45-48,52-54,61-62H,5-39,42-44H2,1-4H3,(H,64,65)(H,66,67)(H2,56,57,63)/t46?,47-,48-,52+,53?,54-/m1/s1. The number of ether oxygens (including phenoxy) is 3. The van der Waals surface area contributed by atoms with Crippen LogP contribution in [-0.4, -0.2) is 85.7 Å². The molecule has 1 aliphatic heterocycles. The molecular formula is C55H103N3O15P2. The second-order valence-corrected chi connectivity index (χ2v) is 24.6. The summed E-state index contributed by atoms with van der Waals surface area (Å²) in [4.78, 5) is 62.1. The summed E-state index contributed by atoms with van der Waals surface area (Å²) in [5, 5.41) is 21.0. The molecule has 6 N–H and O–H groups in total. The number of hydrogen-bond donors (Lipinski definition) is 5. The summed E-state index contributed by atoms with van der Waals surface area (Å²) in [5.41, 5.74) is 4.61. The first-order valence-electron chi connectivity index (χ1n) is 29.3. The molecule has 438 valence electrons. The molecule has 1 fully saturated rings. The van der Waals surface area contributed by atoms with Crippen LogP contribution < -0.4 is 11.4 Å². The molecule has 1 aromatic heterocycles. The molecule has 1 saturated heterocycles. The number of phosphoric acid groups is 2. The lowest BCUT2D eigenvalue weighted by atomic mass is 9.99. The molecule has 2 heterocycles. The van der Waals surface area contributed by atoms with Crippen molar-refractivity contribution >= 4 is 33.4 Å². The van der Waals surface area contributed by atoms with Crippen LogP contribution in [0.15, 0.2) is 17.1 Å². The zero-order valence-electron chi connectivity index (χ0n) is 46.7. The van der Waals surface area contributed by atoms with Crippen molar-refractivity contribution in [2.24, 2.45) is 11.8 Å². The van der Waals surface area contributed by atoms with Crippen LogP contribution >= 0.6 is 15.6 Å². The van der Waals surface area contributed by atoms with Gasteiger partial charge in [-0.05, 0) is 30.7 Å². The number of hydrogen-bond acceptors (Lipinski definition) is 15. The van der Waals surface area contributed by atoms with Gasteiger partial charge in [-0.25, -0.2) is 13.9 Å². The van der Waals surface area contributed by atoms with Gasteiger partial charge in [-0.1, -0.05) is 227 Å². The highest BCUT2D eigenvalue weighted by Gasteiger charge is 2.46. The quantitative estimate of drug-likeness (QED) is 0.0231. The maximum Gasteiger partial charge on any atom is 0.481 e. The Morgan fingerprint density at radius 3 is 1.52 bits per heavy atom. The lowest BCUT2D eigenvalue weighted by Crippen LogP contribution is -2.36. The van der Waals surface area contributed by atoms with E-state index in [1.54, 1.807) is 0 Å². The van der Waals surface area contributed by atoms with Gasteiger partial charge in [0.1, 0.15) is 30.7 Å². The Bertz CT molecular complexity index is 1790. The van der Waals surface area contributed by atoms with Gasteiger partial charge >= 0.3 is 33.3 Å². The number of nitrogens with zero attached hydrogens (tertiary/aromatic N) is 2. The number of nitrogens with two attached hydrogens (primary N) is 1. The number of rotatable bonds is 49. The number of carbonyl (C=O) groups is 2. The van der Waals surface area contributed by atoms with Gasteiger partial charge < -0.3 is 39.9 Å². The fourth-order valence-electron chi connectivity index (χ4n) is 9.24. The largest absolute Gasteiger partial charge is 0.481 e. The maximum absolute atomic E-state index is 12.9. The summed E-state index contributed by atoms with van der Waals surface area (Å²) < 4.78 is 57.0. The van der Waals surface area contributed by atoms with Crippen molar-refractivity contribution in [2.75, 3.05) is 25.6 Å². The number of esters is 2. The lowest BCUT2D eigenvalue weighted by Gasteiger charge is -2.21. The molecule has 0 aromatic carbocycles. The molecule has 8 atom stereocenters. The van der Waals surface area contributed by atoms with E-state index >= 15 is 0 Å². The summed E-state index contributed by atoms with van der Waals surface area (Å²) in [6, 6.07) is 1.25. The minimum atomic E-state index is -5.42. The van der Waals surface area contributed by atoms with Crippen LogP contribution in [-0.2, 0) is 46.3 Å². The maximum atomic E-state index is 12.9. The van der Waals surface area contributed by atoms with E-state index in [0.29, 0.717) is 12.8 Å². The molecule has 0 spiro atoms. The van der Waals surface area contributed by atoms with Gasteiger partial charge in [0.15, 0.2) is 12.3 Å². The highest BCUT2D eigenvalue weighted by molar-refractivity contribution is 7.61. The molecule has 4 unspecified atom stereocenters. The van der Waals surface area contributed by atoms with Gasteiger partial charge in [0.2, 0.25) is 0 Å². The van der Waals surface area contributed by atoms with Crippen molar-refractivity contribution < 1.29 is 66.3 Å². The number of nitrogen functional groups attached to an aromatic ring is 1. The topological polar surface area (TPSA) is 265 Å². The lowest BCUT2D eigenvalue weighted by molar-refractivity contribution is -0.161. The Morgan fingerprint density at radius 2 is 1.07 bits per heavy atom. The molecule has 75 heavy (non-hydrogen) atoms. The Balaban J connectivity index is 1.72. The Morgan fingerprint density at radius 1 is 0.640 bits per heavy atom. The molecule has 0 aliphatic carbocycles. The normalized spacial score (nSPS) is 19.2. The number of aliphatic hydroxyl groups is 2. The van der Waals surface area contributed by atoms with Crippen LogP contribution in [0.2, 0.25) is 0 Å². The SMILES string of the molecule is CCC(C)CCCCCCCCCCCCCCCCCCCCC(=O)OC[C@H](COP(=O)(O)OP(=O)(O)OC[C@H]1O[C@@H](n2ccc(N)nc2=O)C(O)[C@H]1O)OC(=O)CCCCCCCCCCCCCCC(C)C. The van der Waals surface area contributed by atoms with Crippen LogP contribution in [0.25, 0.3) is 0 Å². The van der Waals surface area contributed by atoms with Gasteiger partial charge in [0.25, 0.3) is 0 Å². The second-order valence-electron chi connectivity index (χ2n) is 21.6. The van der Waals surface area contributed by atoms with E-state index in [1.165, 1.54) is 166 Å². The van der Waals surface area contributed by atoms with Gasteiger partial charge in [0, 0.05) is 19.0 Å². The first-order chi connectivity index (χ1) is 35.9. The predicted molar refractivity (Wildman–Crippen MR) is 294 cm³/mol. The minimum Gasteiger partial charge on any atom is -0.462 e. The Hall–Kier alpha value is -2.24. The first kappa shape index (κ1) is 68.9. The molecule has 0 saturated carbocycles. The van der Waals surface area contributed by atoms with E-state index < -0.39 is 83.7 Å². The smallest absolute Gasteiger partial charge is 0.462 e. The first-order valence-corrected chi connectivity index (χ1v) is 32.3. The predicted octanol–water partition coefficient (Wildman–Crippen LogP) is 13.1. The van der Waals surface area contributed by atoms with E-state index in [9.17, 15) is 43.5 Å². The average Bonchev–Trinajstić information content (AvgIpc) is 3.64. The highest BCUT2D eigenvalue weighted by Crippen LogP contribution is 2.60. The van der Waals surface area contributed by atoms with Gasteiger partial charge in [-0.15, -0.1) is 0 Å². The Kier molecular flexibility index (Phi) is 38.3. The van der Waals surface area contributed by atoms with Crippen molar-refractivity contribution in [1.82, 2.24) is 9.55 Å². The van der Waals surface area contributed by atoms with Gasteiger partial charge in [0.05, 0.1) is 13.2 Å². The van der Waals surface area contributed by atoms with E-state index in [1.807, 2.05) is 0 Å². The molecule has 1 aromatic rings. The average molecular weight is 1110 g/mol. The van der Waals surface area contributed by atoms with Crippen LogP contribution in [0, 0.1) is 11.8 Å². The van der Waals surface area contributed by atoms with E-state index in [-0.39, 0.29) is 18.7 Å². The number of aliphatic hydroxyl groups excluding tert-OH is 2. The van der Waals surface area contributed by atoms with E-state index in [2.05, 4.69) is 37.0 Å². The van der Waals surface area contributed by atoms with Crippen LogP contribution in [0.4, 0.5) is 5.82 Å². The van der Waals surface area contributed by atoms with Crippen molar-refractivity contribution in [3.05, 3.63) is 22.7 Å². The Labute approximate surface area is 450 Å². The molecular weight excluding hydrogens is 1000 g/mol. The zero-order valence-corrected chi connectivity index (χ0v) is 48.5. The number of aromatic nitrogens is 2. The molecule has 0 bridgehead atoms. The van der Waals surface area contributed by atoms with Crippen molar-refractivity contribution in [1.29, 1.82) is 0 Å². The fourth-order valence-corrected chi connectivity index (χ4v) is 11.4. The van der Waals surface area contributed by atoms with Gasteiger partial charge in [-0.3, -0.25) is 23.2 Å². The van der Waals surface area contributed by atoms with E-state index in [0.717, 1.165) is 61.3 Å². The highest BCUT2D eigenvalue weighted by atomic mass is 31.3. The van der Waals surface area contributed by atoms with Gasteiger partial charge in [-0.2, -0.15) is 9.29 Å². The van der Waals surface area contributed by atoms with Crippen molar-refractivity contribution in [2.45, 2.75) is 283 Å². The molecule has 1 aliphatic rings. The number of carbonyl (C=O) groups excluding carboxylic acids is 2. The zero-order chi connectivity index (χ0) is 55.2. The minimum absolute atomic E-state index is 0.0569. The summed E-state index contributed by atoms with van der Waals surface area (Å²) in [6.07, 6.45) is 33.2.